The van der Waals surface area contributed by atoms with Crippen LogP contribution in [0, 0.1) is 0 Å². The SMILES string of the molecule is CC(C)OCCCNC(=O)CSc1nnc(-c2ccccc2)c(-c2ccccc2)n1. The fourth-order valence-electron chi connectivity index (χ4n) is 2.76. The summed E-state index contributed by atoms with van der Waals surface area (Å²) >= 11 is 1.28. The number of amides is 1. The van der Waals surface area contributed by atoms with Gasteiger partial charge in [0.05, 0.1) is 11.9 Å². The summed E-state index contributed by atoms with van der Waals surface area (Å²) in [7, 11) is 0. The second-order valence-electron chi connectivity index (χ2n) is 6.94. The topological polar surface area (TPSA) is 77.0 Å². The quantitative estimate of drug-likeness (QED) is 0.389. The van der Waals surface area contributed by atoms with E-state index in [1.807, 2.05) is 74.5 Å². The summed E-state index contributed by atoms with van der Waals surface area (Å²) in [5, 5.41) is 12.0. The van der Waals surface area contributed by atoms with Crippen LogP contribution in [0.3, 0.4) is 0 Å². The zero-order valence-electron chi connectivity index (χ0n) is 17.2. The number of benzene rings is 2. The Morgan fingerprint density at radius 1 is 0.967 bits per heavy atom. The molecule has 0 aliphatic heterocycles. The van der Waals surface area contributed by atoms with Gasteiger partial charge in [-0.1, -0.05) is 72.4 Å². The van der Waals surface area contributed by atoms with E-state index in [4.69, 9.17) is 9.72 Å². The summed E-state index contributed by atoms with van der Waals surface area (Å²) in [6, 6.07) is 19.8. The van der Waals surface area contributed by atoms with Crippen molar-refractivity contribution in [2.24, 2.45) is 0 Å². The Labute approximate surface area is 181 Å². The molecule has 1 heterocycles. The average Bonchev–Trinajstić information content (AvgIpc) is 2.78. The Morgan fingerprint density at radius 3 is 2.23 bits per heavy atom. The van der Waals surface area contributed by atoms with Gasteiger partial charge in [-0.3, -0.25) is 4.79 Å². The number of ether oxygens (including phenoxy) is 1. The minimum Gasteiger partial charge on any atom is -0.379 e. The van der Waals surface area contributed by atoms with E-state index in [1.165, 1.54) is 11.8 Å². The molecule has 6 nitrogen and oxygen atoms in total. The largest absolute Gasteiger partial charge is 0.379 e. The zero-order valence-corrected chi connectivity index (χ0v) is 18.1. The maximum atomic E-state index is 12.1. The Morgan fingerprint density at radius 2 is 1.60 bits per heavy atom. The molecule has 7 heteroatoms. The van der Waals surface area contributed by atoms with Gasteiger partial charge < -0.3 is 10.1 Å². The molecule has 0 saturated carbocycles. The number of hydrogen-bond donors (Lipinski definition) is 1. The molecule has 156 valence electrons. The van der Waals surface area contributed by atoms with Crippen molar-refractivity contribution in [2.75, 3.05) is 18.9 Å². The smallest absolute Gasteiger partial charge is 0.230 e. The molecule has 0 spiro atoms. The third-order valence-electron chi connectivity index (χ3n) is 4.19. The first-order valence-corrected chi connectivity index (χ1v) is 11.0. The highest BCUT2D eigenvalue weighted by molar-refractivity contribution is 7.99. The van der Waals surface area contributed by atoms with Crippen molar-refractivity contribution in [1.29, 1.82) is 0 Å². The van der Waals surface area contributed by atoms with E-state index in [9.17, 15) is 4.79 Å². The van der Waals surface area contributed by atoms with Crippen molar-refractivity contribution < 1.29 is 9.53 Å². The standard InChI is InChI=1S/C23H26N4O2S/c1-17(2)29-15-9-14-24-20(28)16-30-23-25-21(18-10-5-3-6-11-18)22(26-27-23)19-12-7-4-8-13-19/h3-8,10-13,17H,9,14-16H2,1-2H3,(H,24,28). The number of hydrogen-bond acceptors (Lipinski definition) is 6. The van der Waals surface area contributed by atoms with Crippen LogP contribution < -0.4 is 5.32 Å². The van der Waals surface area contributed by atoms with Crippen LogP contribution in [0.25, 0.3) is 22.5 Å². The number of aromatic nitrogens is 3. The molecule has 0 fully saturated rings. The van der Waals surface area contributed by atoms with Crippen molar-refractivity contribution in [3.05, 3.63) is 60.7 Å². The Balaban J connectivity index is 1.66. The molecule has 0 bridgehead atoms. The maximum Gasteiger partial charge on any atom is 0.230 e. The first-order chi connectivity index (χ1) is 14.6. The molecule has 1 aromatic heterocycles. The van der Waals surface area contributed by atoms with Gasteiger partial charge in [0.2, 0.25) is 11.1 Å². The van der Waals surface area contributed by atoms with E-state index < -0.39 is 0 Å². The summed E-state index contributed by atoms with van der Waals surface area (Å²) in [4.78, 5) is 16.8. The lowest BCUT2D eigenvalue weighted by atomic mass is 10.0. The summed E-state index contributed by atoms with van der Waals surface area (Å²) < 4.78 is 5.47. The van der Waals surface area contributed by atoms with E-state index in [1.54, 1.807) is 0 Å². The number of carbonyl (C=O) groups excluding carboxylic acids is 1. The molecule has 0 radical (unpaired) electrons. The van der Waals surface area contributed by atoms with Gasteiger partial charge in [0.15, 0.2) is 0 Å². The van der Waals surface area contributed by atoms with Gasteiger partial charge in [-0.15, -0.1) is 10.2 Å². The van der Waals surface area contributed by atoms with Crippen LogP contribution in [0.5, 0.6) is 0 Å². The first kappa shape index (κ1) is 21.9. The van der Waals surface area contributed by atoms with Crippen LogP contribution in [-0.2, 0) is 9.53 Å². The summed E-state index contributed by atoms with van der Waals surface area (Å²) in [6.45, 7) is 5.22. The first-order valence-electron chi connectivity index (χ1n) is 10.00. The van der Waals surface area contributed by atoms with E-state index in [0.29, 0.717) is 18.3 Å². The lowest BCUT2D eigenvalue weighted by molar-refractivity contribution is -0.118. The molecule has 30 heavy (non-hydrogen) atoms. The molecular weight excluding hydrogens is 396 g/mol. The molecule has 0 atom stereocenters. The molecule has 3 aromatic rings. The highest BCUT2D eigenvalue weighted by atomic mass is 32.2. The summed E-state index contributed by atoms with van der Waals surface area (Å²) in [5.41, 5.74) is 3.39. The summed E-state index contributed by atoms with van der Waals surface area (Å²) in [5.74, 6) is 0.188. The third-order valence-corrected chi connectivity index (χ3v) is 5.03. The van der Waals surface area contributed by atoms with E-state index in [0.717, 1.165) is 28.9 Å². The highest BCUT2D eigenvalue weighted by Gasteiger charge is 2.14. The second kappa shape index (κ2) is 11.4. The van der Waals surface area contributed by atoms with Gasteiger partial charge in [-0.25, -0.2) is 4.98 Å². The predicted octanol–water partition coefficient (Wildman–Crippen LogP) is 4.23. The molecule has 0 aliphatic rings. The molecule has 2 aromatic carbocycles. The van der Waals surface area contributed by atoms with E-state index in [-0.39, 0.29) is 17.8 Å². The van der Waals surface area contributed by atoms with Crippen LogP contribution in [0.2, 0.25) is 0 Å². The van der Waals surface area contributed by atoms with Crippen molar-refractivity contribution in [3.8, 4) is 22.5 Å². The highest BCUT2D eigenvalue weighted by Crippen LogP contribution is 2.29. The molecular formula is C23H26N4O2S. The molecule has 1 N–H and O–H groups in total. The van der Waals surface area contributed by atoms with E-state index in [2.05, 4.69) is 15.5 Å². The normalized spacial score (nSPS) is 10.9. The number of carbonyl (C=O) groups is 1. The number of rotatable bonds is 10. The molecule has 1 amide bonds. The van der Waals surface area contributed by atoms with Crippen LogP contribution in [-0.4, -0.2) is 46.1 Å². The number of nitrogens with one attached hydrogen (secondary N) is 1. The Kier molecular flexibility index (Phi) is 8.35. The summed E-state index contributed by atoms with van der Waals surface area (Å²) in [6.07, 6.45) is 0.995. The van der Waals surface area contributed by atoms with Crippen LogP contribution in [0.1, 0.15) is 20.3 Å². The predicted molar refractivity (Wildman–Crippen MR) is 120 cm³/mol. The Bertz CT molecular complexity index is 936. The zero-order chi connectivity index (χ0) is 21.2. The lowest BCUT2D eigenvalue weighted by Gasteiger charge is -2.10. The van der Waals surface area contributed by atoms with Crippen LogP contribution in [0.15, 0.2) is 65.8 Å². The molecule has 0 saturated heterocycles. The van der Waals surface area contributed by atoms with Crippen molar-refractivity contribution in [1.82, 2.24) is 20.5 Å². The van der Waals surface area contributed by atoms with Crippen LogP contribution in [0.4, 0.5) is 0 Å². The van der Waals surface area contributed by atoms with Gasteiger partial charge >= 0.3 is 0 Å². The van der Waals surface area contributed by atoms with Gasteiger partial charge in [0.25, 0.3) is 0 Å². The second-order valence-corrected chi connectivity index (χ2v) is 7.88. The van der Waals surface area contributed by atoms with Gasteiger partial charge in [-0.2, -0.15) is 0 Å². The molecule has 0 aliphatic carbocycles. The lowest BCUT2D eigenvalue weighted by Crippen LogP contribution is -2.27. The molecule has 3 rings (SSSR count). The monoisotopic (exact) mass is 422 g/mol. The van der Waals surface area contributed by atoms with E-state index >= 15 is 0 Å². The van der Waals surface area contributed by atoms with Crippen molar-refractivity contribution >= 4 is 17.7 Å². The number of nitrogens with zero attached hydrogens (tertiary/aromatic N) is 3. The van der Waals surface area contributed by atoms with Gasteiger partial charge in [-0.05, 0) is 20.3 Å². The van der Waals surface area contributed by atoms with Gasteiger partial charge in [0.1, 0.15) is 11.4 Å². The fourth-order valence-corrected chi connectivity index (χ4v) is 3.38. The minimum absolute atomic E-state index is 0.0541. The Hall–Kier alpha value is -2.77. The van der Waals surface area contributed by atoms with Crippen LogP contribution >= 0.6 is 11.8 Å². The fraction of sp³-hybridized carbons (Fsp3) is 0.304. The maximum absolute atomic E-state index is 12.1. The third kappa shape index (κ3) is 6.64. The number of thioether (sulfide) groups is 1. The minimum atomic E-state index is -0.0541. The molecule has 0 unspecified atom stereocenters. The van der Waals surface area contributed by atoms with Gasteiger partial charge in [0, 0.05) is 24.3 Å². The average molecular weight is 423 g/mol. The van der Waals surface area contributed by atoms with Crippen molar-refractivity contribution in [2.45, 2.75) is 31.5 Å². The van der Waals surface area contributed by atoms with Crippen molar-refractivity contribution in [3.63, 3.8) is 0 Å².